The normalized spacial score (nSPS) is 20.7. The minimum Gasteiger partial charge on any atom is -0.494 e. The van der Waals surface area contributed by atoms with Crippen molar-refractivity contribution in [1.29, 1.82) is 0 Å². The Labute approximate surface area is 277 Å². The molecule has 4 aliphatic rings. The fourth-order valence-electron chi connectivity index (χ4n) is 8.09. The van der Waals surface area contributed by atoms with Crippen LogP contribution in [0.1, 0.15) is 86.6 Å². The third-order valence-corrected chi connectivity index (χ3v) is 11.2. The van der Waals surface area contributed by atoms with Crippen LogP contribution in [0.15, 0.2) is 36.4 Å². The largest absolute Gasteiger partial charge is 0.494 e. The SMILES string of the molecule is CC[C@@H]1CCCN(C(=O)c2cc(OC)c3c(c2)nc(-c2cc4cccc(C5CCN(C(=O)NC6CC6)CC5)c4n2CC2CC2)n3C)C1. The van der Waals surface area contributed by atoms with E-state index in [1.807, 2.05) is 21.9 Å². The van der Waals surface area contributed by atoms with Gasteiger partial charge in [0.25, 0.3) is 5.91 Å². The van der Waals surface area contributed by atoms with Crippen LogP contribution < -0.4 is 10.1 Å². The van der Waals surface area contributed by atoms with Crippen LogP contribution in [0, 0.1) is 11.8 Å². The predicted molar refractivity (Wildman–Crippen MR) is 185 cm³/mol. The first-order valence-electron chi connectivity index (χ1n) is 17.9. The lowest BCUT2D eigenvalue weighted by Gasteiger charge is -2.33. The number of fused-ring (bicyclic) bond motifs is 2. The monoisotopic (exact) mass is 636 g/mol. The van der Waals surface area contributed by atoms with E-state index in [0.717, 1.165) is 93.8 Å². The number of hydrogen-bond donors (Lipinski definition) is 1. The molecule has 2 aromatic heterocycles. The van der Waals surface area contributed by atoms with Crippen molar-refractivity contribution >= 4 is 33.9 Å². The molecule has 2 saturated carbocycles. The Morgan fingerprint density at radius 3 is 2.47 bits per heavy atom. The lowest BCUT2D eigenvalue weighted by Crippen LogP contribution is -2.44. The van der Waals surface area contributed by atoms with Gasteiger partial charge in [0.1, 0.15) is 11.3 Å². The quantitative estimate of drug-likeness (QED) is 0.227. The summed E-state index contributed by atoms with van der Waals surface area (Å²) in [4.78, 5) is 35.7. The molecule has 4 heterocycles. The smallest absolute Gasteiger partial charge is 0.317 e. The second-order valence-corrected chi connectivity index (χ2v) is 14.6. The van der Waals surface area contributed by atoms with Crippen molar-refractivity contribution in [1.82, 2.24) is 29.2 Å². The van der Waals surface area contributed by atoms with Crippen LogP contribution in [0.5, 0.6) is 5.75 Å². The molecule has 2 aromatic carbocycles. The van der Waals surface area contributed by atoms with E-state index in [1.165, 1.54) is 35.7 Å². The van der Waals surface area contributed by atoms with Crippen molar-refractivity contribution in [3.8, 4) is 17.3 Å². The molecule has 0 radical (unpaired) electrons. The first-order chi connectivity index (χ1) is 22.9. The van der Waals surface area contributed by atoms with Crippen LogP contribution in [0.4, 0.5) is 4.79 Å². The van der Waals surface area contributed by atoms with E-state index in [4.69, 9.17) is 9.72 Å². The van der Waals surface area contributed by atoms with E-state index in [1.54, 1.807) is 7.11 Å². The fourth-order valence-corrected chi connectivity index (χ4v) is 8.09. The number of amides is 3. The lowest BCUT2D eigenvalue weighted by atomic mass is 9.88. The van der Waals surface area contributed by atoms with Crippen LogP contribution in [-0.4, -0.2) is 75.2 Å². The van der Waals surface area contributed by atoms with Crippen molar-refractivity contribution in [3.05, 3.63) is 47.5 Å². The third-order valence-electron chi connectivity index (χ3n) is 11.2. The number of likely N-dealkylation sites (tertiary alicyclic amines) is 2. The maximum Gasteiger partial charge on any atom is 0.317 e. The van der Waals surface area contributed by atoms with Gasteiger partial charge in [-0.1, -0.05) is 31.5 Å². The number of imidazole rings is 1. The Morgan fingerprint density at radius 1 is 0.936 bits per heavy atom. The van der Waals surface area contributed by atoms with E-state index < -0.39 is 0 Å². The van der Waals surface area contributed by atoms with Crippen LogP contribution >= 0.6 is 0 Å². The highest BCUT2D eigenvalue weighted by molar-refractivity contribution is 6.00. The molecule has 1 atom stereocenters. The Hall–Kier alpha value is -4.01. The number of hydrogen-bond acceptors (Lipinski definition) is 4. The molecule has 248 valence electrons. The maximum absolute atomic E-state index is 13.7. The number of piperidine rings is 2. The molecule has 4 fully saturated rings. The van der Waals surface area contributed by atoms with Crippen molar-refractivity contribution in [2.24, 2.45) is 18.9 Å². The zero-order chi connectivity index (χ0) is 32.2. The lowest BCUT2D eigenvalue weighted by molar-refractivity contribution is 0.0671. The highest BCUT2D eigenvalue weighted by Gasteiger charge is 2.32. The van der Waals surface area contributed by atoms with Crippen LogP contribution in [0.25, 0.3) is 33.5 Å². The first-order valence-corrected chi connectivity index (χ1v) is 17.9. The molecule has 2 saturated heterocycles. The number of benzene rings is 2. The summed E-state index contributed by atoms with van der Waals surface area (Å²) in [5.41, 5.74) is 6.14. The number of ether oxygens (including phenoxy) is 1. The van der Waals surface area contributed by atoms with Crippen molar-refractivity contribution in [2.75, 3.05) is 33.3 Å². The summed E-state index contributed by atoms with van der Waals surface area (Å²) < 4.78 is 10.6. The molecular weight excluding hydrogens is 588 g/mol. The second kappa shape index (κ2) is 12.2. The standard InChI is InChI=1S/C38H48N6O3/c1-4-24-7-6-16-43(22-24)37(45)28-19-31-35(33(21-28)47-3)41(2)36(40-31)32-20-27-8-5-9-30(34(27)44(32)23-25-10-11-25)26-14-17-42(18-15-26)38(46)39-29-12-13-29/h5,8-9,19-21,24-26,29H,4,6-7,10-18,22-23H2,1-3H3,(H,39,46)/t24-/m1/s1. The van der Waals surface area contributed by atoms with Gasteiger partial charge in [0.15, 0.2) is 5.82 Å². The molecule has 9 nitrogen and oxygen atoms in total. The molecular formula is C38H48N6O3. The number of aryl methyl sites for hydroxylation is 1. The van der Waals surface area contributed by atoms with E-state index in [2.05, 4.69) is 52.7 Å². The maximum atomic E-state index is 13.7. The van der Waals surface area contributed by atoms with E-state index in [9.17, 15) is 9.59 Å². The average Bonchev–Trinajstić information content (AvgIpc) is 4.04. The summed E-state index contributed by atoms with van der Waals surface area (Å²) in [7, 11) is 3.74. The highest BCUT2D eigenvalue weighted by Crippen LogP contribution is 2.41. The number of rotatable bonds is 8. The van der Waals surface area contributed by atoms with Gasteiger partial charge < -0.3 is 29.0 Å². The summed E-state index contributed by atoms with van der Waals surface area (Å²) in [5.74, 6) is 3.29. The van der Waals surface area contributed by atoms with Crippen LogP contribution in [0.2, 0.25) is 0 Å². The van der Waals surface area contributed by atoms with E-state index in [0.29, 0.717) is 35.1 Å². The highest BCUT2D eigenvalue weighted by atomic mass is 16.5. The van der Waals surface area contributed by atoms with Gasteiger partial charge in [0.05, 0.1) is 23.8 Å². The molecule has 0 unspecified atom stereocenters. The number of nitrogens with one attached hydrogen (secondary N) is 1. The van der Waals surface area contributed by atoms with Crippen LogP contribution in [0.3, 0.4) is 0 Å². The third kappa shape index (κ3) is 5.76. The average molecular weight is 637 g/mol. The molecule has 47 heavy (non-hydrogen) atoms. The Morgan fingerprint density at radius 2 is 1.74 bits per heavy atom. The number of carbonyl (C=O) groups is 2. The number of methoxy groups -OCH3 is 1. The molecule has 0 bridgehead atoms. The minimum atomic E-state index is 0.0686. The van der Waals surface area contributed by atoms with Gasteiger partial charge in [-0.3, -0.25) is 4.79 Å². The van der Waals surface area contributed by atoms with Gasteiger partial charge in [-0.2, -0.15) is 0 Å². The molecule has 2 aliphatic heterocycles. The van der Waals surface area contributed by atoms with Gasteiger partial charge in [-0.05, 0) is 92.9 Å². The Kier molecular flexibility index (Phi) is 7.88. The summed E-state index contributed by atoms with van der Waals surface area (Å²) in [5, 5.41) is 4.40. The number of carbonyl (C=O) groups excluding carboxylic acids is 2. The molecule has 8 rings (SSSR count). The molecule has 4 aromatic rings. The summed E-state index contributed by atoms with van der Waals surface area (Å²) in [6.45, 7) is 6.39. The topological polar surface area (TPSA) is 84.6 Å². The van der Waals surface area contributed by atoms with Crippen molar-refractivity contribution < 1.29 is 14.3 Å². The summed E-state index contributed by atoms with van der Waals surface area (Å²) >= 11 is 0. The molecule has 0 spiro atoms. The Balaban J connectivity index is 1.15. The van der Waals surface area contributed by atoms with Gasteiger partial charge >= 0.3 is 6.03 Å². The second-order valence-electron chi connectivity index (χ2n) is 14.6. The Bertz CT molecular complexity index is 1820. The zero-order valence-corrected chi connectivity index (χ0v) is 28.1. The van der Waals surface area contributed by atoms with Crippen molar-refractivity contribution in [2.45, 2.75) is 83.2 Å². The molecule has 1 N–H and O–H groups in total. The predicted octanol–water partition coefficient (Wildman–Crippen LogP) is 6.93. The van der Waals surface area contributed by atoms with Gasteiger partial charge in [0, 0.05) is 56.8 Å². The fraction of sp³-hybridized carbons (Fsp3) is 0.553. The number of aromatic nitrogens is 3. The first kappa shape index (κ1) is 30.3. The molecule has 3 amide bonds. The minimum absolute atomic E-state index is 0.0686. The van der Waals surface area contributed by atoms with E-state index in [-0.39, 0.29) is 11.9 Å². The molecule has 2 aliphatic carbocycles. The van der Waals surface area contributed by atoms with Gasteiger partial charge in [-0.15, -0.1) is 0 Å². The number of urea groups is 1. The summed E-state index contributed by atoms with van der Waals surface area (Å²) in [6.07, 6.45) is 10.0. The summed E-state index contributed by atoms with van der Waals surface area (Å²) in [6, 6.07) is 13.4. The number of para-hydroxylation sites is 1. The van der Waals surface area contributed by atoms with Crippen molar-refractivity contribution in [3.63, 3.8) is 0 Å². The van der Waals surface area contributed by atoms with E-state index >= 15 is 0 Å². The van der Waals surface area contributed by atoms with Gasteiger partial charge in [-0.25, -0.2) is 9.78 Å². The molecule has 9 heteroatoms. The number of nitrogens with zero attached hydrogens (tertiary/aromatic N) is 5. The zero-order valence-electron chi connectivity index (χ0n) is 28.1. The van der Waals surface area contributed by atoms with Gasteiger partial charge in [0.2, 0.25) is 0 Å². The van der Waals surface area contributed by atoms with Crippen LogP contribution in [-0.2, 0) is 13.6 Å².